The molecule has 0 aliphatic heterocycles. The Morgan fingerprint density at radius 2 is 1.86 bits per heavy atom. The van der Waals surface area contributed by atoms with Gasteiger partial charge in [-0.1, -0.05) is 19.9 Å². The predicted molar refractivity (Wildman–Crippen MR) is 82.5 cm³/mol. The van der Waals surface area contributed by atoms with Crippen molar-refractivity contribution in [1.82, 2.24) is 4.72 Å². The van der Waals surface area contributed by atoms with Gasteiger partial charge in [0, 0.05) is 6.42 Å². The molecule has 0 fully saturated rings. The van der Waals surface area contributed by atoms with Crippen molar-refractivity contribution in [3.63, 3.8) is 0 Å². The fourth-order valence-corrected chi connectivity index (χ4v) is 3.62. The van der Waals surface area contributed by atoms with Gasteiger partial charge in [0.2, 0.25) is 5.91 Å². The number of benzene rings is 1. The second-order valence-electron chi connectivity index (χ2n) is 6.10. The zero-order valence-electron chi connectivity index (χ0n) is 12.7. The van der Waals surface area contributed by atoms with Gasteiger partial charge in [-0.05, 0) is 61.3 Å². The first-order chi connectivity index (χ1) is 9.88. The van der Waals surface area contributed by atoms with E-state index in [-0.39, 0.29) is 11.3 Å². The number of hydrogen-bond donors (Lipinski definition) is 1. The van der Waals surface area contributed by atoms with Gasteiger partial charge < -0.3 is 0 Å². The smallest absolute Gasteiger partial charge is 0.264 e. The number of nitrogens with one attached hydrogen (secondary N) is 1. The molecule has 5 heteroatoms. The Morgan fingerprint density at radius 1 is 1.19 bits per heavy atom. The molecule has 116 valence electrons. The molecule has 0 saturated carbocycles. The van der Waals surface area contributed by atoms with Crippen LogP contribution in [0.1, 0.15) is 50.7 Å². The summed E-state index contributed by atoms with van der Waals surface area (Å²) in [5.41, 5.74) is 2.32. The second kappa shape index (κ2) is 6.60. The van der Waals surface area contributed by atoms with E-state index in [1.54, 1.807) is 12.1 Å². The lowest BCUT2D eigenvalue weighted by Crippen LogP contribution is -2.30. The molecule has 0 bridgehead atoms. The average molecular weight is 309 g/mol. The number of hydrogen-bond acceptors (Lipinski definition) is 3. The van der Waals surface area contributed by atoms with Gasteiger partial charge in [-0.2, -0.15) is 0 Å². The van der Waals surface area contributed by atoms with Crippen molar-refractivity contribution in [3.8, 4) is 0 Å². The number of sulfonamides is 1. The van der Waals surface area contributed by atoms with Crippen LogP contribution in [0.5, 0.6) is 0 Å². The molecule has 4 nitrogen and oxygen atoms in total. The van der Waals surface area contributed by atoms with Gasteiger partial charge in [-0.15, -0.1) is 0 Å². The van der Waals surface area contributed by atoms with Crippen LogP contribution in [0.2, 0.25) is 0 Å². The highest BCUT2D eigenvalue weighted by molar-refractivity contribution is 7.90. The van der Waals surface area contributed by atoms with Crippen LogP contribution in [0.25, 0.3) is 0 Å². The molecule has 21 heavy (non-hydrogen) atoms. The van der Waals surface area contributed by atoms with E-state index >= 15 is 0 Å². The van der Waals surface area contributed by atoms with Gasteiger partial charge >= 0.3 is 0 Å². The fourth-order valence-electron chi connectivity index (χ4n) is 2.56. The number of fused-ring (bicyclic) bond motifs is 1. The number of carbonyl (C=O) groups is 1. The molecule has 0 spiro atoms. The van der Waals surface area contributed by atoms with Crippen LogP contribution < -0.4 is 4.72 Å². The predicted octanol–water partition coefficient (Wildman–Crippen LogP) is 2.81. The molecule has 0 aromatic heterocycles. The van der Waals surface area contributed by atoms with E-state index in [1.807, 2.05) is 19.9 Å². The largest absolute Gasteiger partial charge is 0.274 e. The van der Waals surface area contributed by atoms with E-state index in [1.165, 1.54) is 5.56 Å². The standard InChI is InChI=1S/C16H23NO3S/c1-12(2)7-10-16(18)17-21(19,20)15-9-8-13-5-3-4-6-14(13)11-15/h8-9,11-12H,3-7,10H2,1-2H3,(H,17,18). The summed E-state index contributed by atoms with van der Waals surface area (Å²) in [7, 11) is -3.74. The van der Waals surface area contributed by atoms with Crippen LogP contribution in [0, 0.1) is 5.92 Å². The van der Waals surface area contributed by atoms with Gasteiger partial charge in [0.15, 0.2) is 0 Å². The summed E-state index contributed by atoms with van der Waals surface area (Å²) in [6.07, 6.45) is 5.10. The quantitative estimate of drug-likeness (QED) is 0.909. The molecule has 1 aliphatic carbocycles. The number of amides is 1. The van der Waals surface area contributed by atoms with E-state index in [0.717, 1.165) is 31.2 Å². The van der Waals surface area contributed by atoms with Crippen molar-refractivity contribution in [2.45, 2.75) is 57.3 Å². The minimum Gasteiger partial charge on any atom is -0.274 e. The van der Waals surface area contributed by atoms with E-state index in [4.69, 9.17) is 0 Å². The minimum atomic E-state index is -3.74. The van der Waals surface area contributed by atoms with Crippen molar-refractivity contribution in [2.24, 2.45) is 5.92 Å². The van der Waals surface area contributed by atoms with Gasteiger partial charge in [-0.3, -0.25) is 4.79 Å². The third-order valence-corrected chi connectivity index (χ3v) is 5.20. The van der Waals surface area contributed by atoms with Crippen LogP contribution in [-0.4, -0.2) is 14.3 Å². The third kappa shape index (κ3) is 4.30. The molecule has 2 rings (SSSR count). The highest BCUT2D eigenvalue weighted by Gasteiger charge is 2.20. The topological polar surface area (TPSA) is 63.2 Å². The second-order valence-corrected chi connectivity index (χ2v) is 7.78. The van der Waals surface area contributed by atoms with E-state index < -0.39 is 15.9 Å². The molecular formula is C16H23NO3S. The number of aryl methyl sites for hydroxylation is 2. The maximum Gasteiger partial charge on any atom is 0.264 e. The van der Waals surface area contributed by atoms with Gasteiger partial charge in [0.05, 0.1) is 4.90 Å². The van der Waals surface area contributed by atoms with Crippen LogP contribution >= 0.6 is 0 Å². The Hall–Kier alpha value is -1.36. The number of rotatable bonds is 5. The Kier molecular flexibility index (Phi) is 5.04. The summed E-state index contributed by atoms with van der Waals surface area (Å²) in [6.45, 7) is 4.01. The first kappa shape index (κ1) is 16.0. The van der Waals surface area contributed by atoms with Gasteiger partial charge in [-0.25, -0.2) is 13.1 Å². The Labute approximate surface area is 127 Å². The van der Waals surface area contributed by atoms with Crippen LogP contribution in [0.3, 0.4) is 0 Å². The fraction of sp³-hybridized carbons (Fsp3) is 0.562. The van der Waals surface area contributed by atoms with Gasteiger partial charge in [0.25, 0.3) is 10.0 Å². The van der Waals surface area contributed by atoms with Crippen molar-refractivity contribution in [2.75, 3.05) is 0 Å². The summed E-state index contributed by atoms with van der Waals surface area (Å²) in [4.78, 5) is 11.9. The Morgan fingerprint density at radius 3 is 2.52 bits per heavy atom. The molecule has 0 saturated heterocycles. The van der Waals surface area contributed by atoms with E-state index in [2.05, 4.69) is 4.72 Å². The molecule has 0 radical (unpaired) electrons. The zero-order valence-corrected chi connectivity index (χ0v) is 13.5. The minimum absolute atomic E-state index is 0.195. The average Bonchev–Trinajstić information content (AvgIpc) is 2.44. The van der Waals surface area contributed by atoms with Crippen molar-refractivity contribution in [1.29, 1.82) is 0 Å². The van der Waals surface area contributed by atoms with Crippen LogP contribution in [-0.2, 0) is 27.7 Å². The lowest BCUT2D eigenvalue weighted by molar-refractivity contribution is -0.119. The normalized spacial score (nSPS) is 14.8. The first-order valence-electron chi connectivity index (χ1n) is 7.56. The molecular weight excluding hydrogens is 286 g/mol. The molecule has 0 heterocycles. The summed E-state index contributed by atoms with van der Waals surface area (Å²) in [5, 5.41) is 0. The third-order valence-electron chi connectivity index (χ3n) is 3.83. The molecule has 1 aromatic rings. The van der Waals surface area contributed by atoms with Crippen molar-refractivity contribution >= 4 is 15.9 Å². The summed E-state index contributed by atoms with van der Waals surface area (Å²) in [5.74, 6) is -0.0522. The van der Waals surface area contributed by atoms with Crippen LogP contribution in [0.4, 0.5) is 0 Å². The first-order valence-corrected chi connectivity index (χ1v) is 9.04. The Balaban J connectivity index is 2.10. The zero-order chi connectivity index (χ0) is 15.5. The summed E-state index contributed by atoms with van der Waals surface area (Å²) < 4.78 is 26.7. The molecule has 0 atom stereocenters. The molecule has 1 amide bonds. The molecule has 1 aliphatic rings. The highest BCUT2D eigenvalue weighted by Crippen LogP contribution is 2.24. The maximum absolute atomic E-state index is 12.2. The summed E-state index contributed by atoms with van der Waals surface area (Å²) in [6, 6.07) is 5.19. The number of carbonyl (C=O) groups excluding carboxylic acids is 1. The lowest BCUT2D eigenvalue weighted by Gasteiger charge is -2.16. The molecule has 1 N–H and O–H groups in total. The highest BCUT2D eigenvalue weighted by atomic mass is 32.2. The Bertz CT molecular complexity index is 620. The van der Waals surface area contributed by atoms with Crippen molar-refractivity contribution in [3.05, 3.63) is 29.3 Å². The van der Waals surface area contributed by atoms with E-state index in [0.29, 0.717) is 12.3 Å². The maximum atomic E-state index is 12.2. The van der Waals surface area contributed by atoms with Crippen LogP contribution in [0.15, 0.2) is 23.1 Å². The monoisotopic (exact) mass is 309 g/mol. The lowest BCUT2D eigenvalue weighted by atomic mass is 9.92. The summed E-state index contributed by atoms with van der Waals surface area (Å²) >= 11 is 0. The van der Waals surface area contributed by atoms with Gasteiger partial charge in [0.1, 0.15) is 0 Å². The van der Waals surface area contributed by atoms with Crippen molar-refractivity contribution < 1.29 is 13.2 Å². The molecule has 0 unspecified atom stereocenters. The SMILES string of the molecule is CC(C)CCC(=O)NS(=O)(=O)c1ccc2c(c1)CCCC2. The van der Waals surface area contributed by atoms with E-state index in [9.17, 15) is 13.2 Å². The molecule has 1 aromatic carbocycles.